The van der Waals surface area contributed by atoms with Crippen molar-refractivity contribution in [3.63, 3.8) is 0 Å². The van der Waals surface area contributed by atoms with Gasteiger partial charge in [-0.25, -0.2) is 22.6 Å². The Morgan fingerprint density at radius 3 is 2.62 bits per heavy atom. The Hall–Kier alpha value is -4.55. The third-order valence-corrected chi connectivity index (χ3v) is 7.71. The molecule has 0 fully saturated rings. The molecule has 2 aromatic heterocycles. The number of hydrogen-bond donors (Lipinski definition) is 1. The van der Waals surface area contributed by atoms with Gasteiger partial charge in [-0.15, -0.1) is 3.97 Å². The van der Waals surface area contributed by atoms with Crippen LogP contribution in [0.4, 0.5) is 5.69 Å². The topological polar surface area (TPSA) is 137 Å². The van der Waals surface area contributed by atoms with Crippen molar-refractivity contribution < 1.29 is 27.3 Å². The number of rotatable bonds is 9. The molecule has 2 heterocycles. The van der Waals surface area contributed by atoms with Crippen LogP contribution in [0.15, 0.2) is 94.1 Å². The smallest absolute Gasteiger partial charge is 0.346 e. The fourth-order valence-corrected chi connectivity index (χ4v) is 5.45. The number of nitrogens with one attached hydrogen (secondary N) is 1. The first kappa shape index (κ1) is 28.5. The van der Waals surface area contributed by atoms with Crippen LogP contribution in [0.2, 0.25) is 5.02 Å². The molecule has 0 saturated carbocycles. The standard InChI is InChI=1S/C27H23ClN4O7S/c1-3-13-39-26(35)18-7-5-9-21(14-18)40(37,38)32-25(34)22-11-10-19(28)15-23(22)31(27(32)36)17-24(33)29-20-8-6-12-30(4-2)16-20/h3,5-12,14-16H,1,4,13,17H2,2H3/p+1. The van der Waals surface area contributed by atoms with Crippen LogP contribution < -0.4 is 21.1 Å². The number of benzene rings is 2. The lowest BCUT2D eigenvalue weighted by atomic mass is 10.2. The molecule has 0 atom stereocenters. The van der Waals surface area contributed by atoms with E-state index >= 15 is 0 Å². The molecule has 1 N–H and O–H groups in total. The number of anilines is 1. The predicted octanol–water partition coefficient (Wildman–Crippen LogP) is 2.34. The zero-order chi connectivity index (χ0) is 29.0. The number of halogens is 1. The van der Waals surface area contributed by atoms with Crippen molar-refractivity contribution in [2.24, 2.45) is 0 Å². The van der Waals surface area contributed by atoms with E-state index < -0.39 is 44.6 Å². The molecular weight excluding hydrogens is 560 g/mol. The Morgan fingerprint density at radius 1 is 1.12 bits per heavy atom. The molecule has 0 aliphatic heterocycles. The second kappa shape index (κ2) is 11.7. The first-order valence-electron chi connectivity index (χ1n) is 11.9. The highest BCUT2D eigenvalue weighted by Crippen LogP contribution is 2.19. The molecule has 0 aliphatic rings. The van der Waals surface area contributed by atoms with Crippen LogP contribution in [0.25, 0.3) is 10.9 Å². The van der Waals surface area contributed by atoms with Gasteiger partial charge in [-0.1, -0.05) is 30.3 Å². The number of carbonyl (C=O) groups is 2. The van der Waals surface area contributed by atoms with Crippen molar-refractivity contribution in [2.45, 2.75) is 24.9 Å². The molecule has 0 unspecified atom stereocenters. The molecule has 0 saturated heterocycles. The Bertz CT molecular complexity index is 1880. The highest BCUT2D eigenvalue weighted by Gasteiger charge is 2.27. The quantitative estimate of drug-likeness (QED) is 0.181. The van der Waals surface area contributed by atoms with Crippen molar-refractivity contribution in [1.82, 2.24) is 8.54 Å². The van der Waals surface area contributed by atoms with E-state index in [1.165, 1.54) is 36.4 Å². The lowest BCUT2D eigenvalue weighted by Crippen LogP contribution is -2.45. The van der Waals surface area contributed by atoms with Gasteiger partial charge in [0.2, 0.25) is 5.91 Å². The van der Waals surface area contributed by atoms with Crippen LogP contribution in [-0.2, 0) is 32.6 Å². The summed E-state index contributed by atoms with van der Waals surface area (Å²) in [5.74, 6) is -1.47. The van der Waals surface area contributed by atoms with Gasteiger partial charge in [-0.05, 0) is 49.4 Å². The largest absolute Gasteiger partial charge is 0.458 e. The van der Waals surface area contributed by atoms with Crippen LogP contribution >= 0.6 is 11.6 Å². The highest BCUT2D eigenvalue weighted by molar-refractivity contribution is 7.90. The van der Waals surface area contributed by atoms with Gasteiger partial charge in [0.05, 0.1) is 21.4 Å². The van der Waals surface area contributed by atoms with Crippen LogP contribution in [0.5, 0.6) is 0 Å². The molecule has 206 valence electrons. The Balaban J connectivity index is 1.84. The summed E-state index contributed by atoms with van der Waals surface area (Å²) < 4.78 is 34.9. The second-order valence-electron chi connectivity index (χ2n) is 8.49. The van der Waals surface area contributed by atoms with Gasteiger partial charge in [0.15, 0.2) is 12.4 Å². The lowest BCUT2D eigenvalue weighted by Gasteiger charge is -2.15. The van der Waals surface area contributed by atoms with Crippen molar-refractivity contribution in [2.75, 3.05) is 11.9 Å². The average Bonchev–Trinajstić information content (AvgIpc) is 2.94. The van der Waals surface area contributed by atoms with Crippen molar-refractivity contribution in [1.29, 1.82) is 0 Å². The summed E-state index contributed by atoms with van der Waals surface area (Å²) in [4.78, 5) is 51.7. The minimum Gasteiger partial charge on any atom is -0.458 e. The van der Waals surface area contributed by atoms with Crippen molar-refractivity contribution >= 4 is 50.1 Å². The first-order chi connectivity index (χ1) is 19.1. The van der Waals surface area contributed by atoms with E-state index in [2.05, 4.69) is 11.9 Å². The molecule has 0 bridgehead atoms. The third kappa shape index (κ3) is 5.72. The molecule has 11 nitrogen and oxygen atoms in total. The molecule has 1 amide bonds. The lowest BCUT2D eigenvalue weighted by molar-refractivity contribution is -0.692. The Morgan fingerprint density at radius 2 is 1.90 bits per heavy atom. The number of carbonyl (C=O) groups excluding carboxylic acids is 2. The second-order valence-corrected chi connectivity index (χ2v) is 10.7. The fraction of sp³-hybridized carbons (Fsp3) is 0.148. The number of aromatic nitrogens is 3. The summed E-state index contributed by atoms with van der Waals surface area (Å²) in [6, 6.07) is 12.0. The first-order valence-corrected chi connectivity index (χ1v) is 13.8. The average molecular weight is 584 g/mol. The summed E-state index contributed by atoms with van der Waals surface area (Å²) in [6.07, 6.45) is 4.84. The molecule has 4 rings (SSSR count). The van der Waals surface area contributed by atoms with Gasteiger partial charge >= 0.3 is 11.7 Å². The molecule has 0 spiro atoms. The molecule has 0 aliphatic carbocycles. The number of aryl methyl sites for hydroxylation is 1. The van der Waals surface area contributed by atoms with E-state index in [0.717, 1.165) is 16.7 Å². The molecule has 13 heteroatoms. The number of fused-ring (bicyclic) bond motifs is 1. The maximum Gasteiger partial charge on any atom is 0.346 e. The maximum absolute atomic E-state index is 13.6. The molecule has 0 radical (unpaired) electrons. The van der Waals surface area contributed by atoms with Crippen LogP contribution in [-0.4, -0.2) is 35.4 Å². The summed E-state index contributed by atoms with van der Waals surface area (Å²) >= 11 is 6.11. The molecular formula is C27H24ClN4O7S+. The van der Waals surface area contributed by atoms with Gasteiger partial charge in [0.1, 0.15) is 25.4 Å². The minimum absolute atomic E-state index is 0.0254. The van der Waals surface area contributed by atoms with Gasteiger partial charge in [0.25, 0.3) is 15.6 Å². The summed E-state index contributed by atoms with van der Waals surface area (Å²) in [5.41, 5.74) is -2.12. The number of pyridine rings is 1. The van der Waals surface area contributed by atoms with E-state index in [1.807, 2.05) is 17.7 Å². The van der Waals surface area contributed by atoms with Gasteiger partial charge < -0.3 is 10.1 Å². The van der Waals surface area contributed by atoms with E-state index in [4.69, 9.17) is 16.3 Å². The Kier molecular flexibility index (Phi) is 8.31. The molecule has 2 aromatic carbocycles. The monoisotopic (exact) mass is 583 g/mol. The highest BCUT2D eigenvalue weighted by atomic mass is 35.5. The summed E-state index contributed by atoms with van der Waals surface area (Å²) in [6.45, 7) is 5.30. The third-order valence-electron chi connectivity index (χ3n) is 5.82. The van der Waals surface area contributed by atoms with E-state index in [9.17, 15) is 27.6 Å². The van der Waals surface area contributed by atoms with Crippen LogP contribution in [0, 0.1) is 0 Å². The Labute approximate surface area is 233 Å². The fourth-order valence-electron chi connectivity index (χ4n) is 3.93. The van der Waals surface area contributed by atoms with Crippen LogP contribution in [0.1, 0.15) is 17.3 Å². The van der Waals surface area contributed by atoms with E-state index in [1.54, 1.807) is 18.3 Å². The molecule has 4 aromatic rings. The van der Waals surface area contributed by atoms with Crippen molar-refractivity contribution in [3.8, 4) is 0 Å². The summed E-state index contributed by atoms with van der Waals surface area (Å²) in [5, 5.41) is 2.67. The minimum atomic E-state index is -4.83. The SMILES string of the molecule is C=CCOC(=O)c1cccc(S(=O)(=O)n2c(=O)c3ccc(Cl)cc3n(CC(=O)Nc3ccc[n+](CC)c3)c2=O)c1. The van der Waals surface area contributed by atoms with Gasteiger partial charge in [-0.3, -0.25) is 14.2 Å². The van der Waals surface area contributed by atoms with E-state index in [0.29, 0.717) is 12.2 Å². The van der Waals surface area contributed by atoms with Gasteiger partial charge in [0, 0.05) is 11.1 Å². The van der Waals surface area contributed by atoms with E-state index in [-0.39, 0.29) is 32.1 Å². The van der Waals surface area contributed by atoms with Crippen LogP contribution in [0.3, 0.4) is 0 Å². The normalized spacial score (nSPS) is 11.2. The zero-order valence-electron chi connectivity index (χ0n) is 21.2. The number of hydrogen-bond acceptors (Lipinski definition) is 7. The molecule has 40 heavy (non-hydrogen) atoms. The number of amides is 1. The van der Waals surface area contributed by atoms with Gasteiger partial charge in [-0.2, -0.15) is 0 Å². The number of esters is 1. The maximum atomic E-state index is 13.6. The zero-order valence-corrected chi connectivity index (χ0v) is 22.8. The van der Waals surface area contributed by atoms with Crippen molar-refractivity contribution in [3.05, 3.63) is 111 Å². The number of ether oxygens (including phenoxy) is 1. The summed E-state index contributed by atoms with van der Waals surface area (Å²) in [7, 11) is -4.83. The predicted molar refractivity (Wildman–Crippen MR) is 148 cm³/mol. The number of nitrogens with zero attached hydrogens (tertiary/aromatic N) is 3.